The van der Waals surface area contributed by atoms with E-state index in [0.29, 0.717) is 0 Å². The van der Waals surface area contributed by atoms with Crippen LogP contribution in [0.3, 0.4) is 0 Å². The monoisotopic (exact) mass is 445 g/mol. The Morgan fingerprint density at radius 1 is 1.32 bits per heavy atom. The fourth-order valence-electron chi connectivity index (χ4n) is 2.57. The zero-order chi connectivity index (χ0) is 20.7. The van der Waals surface area contributed by atoms with Crippen LogP contribution in [0.25, 0.3) is 0 Å². The number of nitrogens with one attached hydrogen (secondary N) is 2. The number of hydrogen-bond acceptors (Lipinski definition) is 8. The van der Waals surface area contributed by atoms with Gasteiger partial charge in [-0.15, -0.1) is 20.1 Å². The third-order valence-corrected chi connectivity index (χ3v) is 6.96. The molecule has 0 bridgehead atoms. The summed E-state index contributed by atoms with van der Waals surface area (Å²) in [5.74, 6) is -0.221. The van der Waals surface area contributed by atoms with Crippen LogP contribution in [-0.2, 0) is 21.2 Å². The summed E-state index contributed by atoms with van der Waals surface area (Å²) in [7, 11) is -4.07. The molecule has 1 unspecified atom stereocenters. The fourth-order valence-corrected chi connectivity index (χ4v) is 4.87. The van der Waals surface area contributed by atoms with Crippen molar-refractivity contribution < 1.29 is 22.2 Å². The molecule has 2 atom stereocenters. The number of thiophene rings is 1. The number of hydrogen-bond donors (Lipinski definition) is 4. The first-order chi connectivity index (χ1) is 13.0. The van der Waals surface area contributed by atoms with E-state index in [1.54, 1.807) is 12.5 Å². The molecule has 2 aromatic rings. The minimum Gasteiger partial charge on any atom is -0.504 e. The van der Waals surface area contributed by atoms with Crippen molar-refractivity contribution in [3.8, 4) is 5.75 Å². The fraction of sp³-hybridized carbons (Fsp3) is 0.333. The van der Waals surface area contributed by atoms with E-state index in [1.807, 2.05) is 26.8 Å². The number of nitrogens with two attached hydrogens (primary N) is 1. The lowest BCUT2D eigenvalue weighted by molar-refractivity contribution is 0.302. The standard InChI is InChI=1S/C15H19N5O5S3/c1-15(2,3)11(8-4-5-25-6-8)18-13-12(19-27(22)20-13)17-9-7-26-14(10(9)21)28(16,23)24/h4-7,11,21H,1-3H3,(H,17,19)(H,18,20)(H2,16,23,24)/t11-,27?/m0/s1. The van der Waals surface area contributed by atoms with Crippen molar-refractivity contribution in [1.29, 1.82) is 0 Å². The number of anilines is 1. The van der Waals surface area contributed by atoms with Gasteiger partial charge in [0, 0.05) is 10.9 Å². The van der Waals surface area contributed by atoms with Crippen molar-refractivity contribution in [2.75, 3.05) is 5.32 Å². The van der Waals surface area contributed by atoms with Crippen molar-refractivity contribution in [1.82, 2.24) is 5.32 Å². The summed E-state index contributed by atoms with van der Waals surface area (Å²) < 4.78 is 47.5. The van der Waals surface area contributed by atoms with Gasteiger partial charge in [-0.1, -0.05) is 20.8 Å². The number of amidine groups is 2. The van der Waals surface area contributed by atoms with Gasteiger partial charge in [-0.3, -0.25) is 0 Å². The minimum atomic E-state index is -4.07. The molecule has 1 aliphatic rings. The molecule has 28 heavy (non-hydrogen) atoms. The van der Waals surface area contributed by atoms with Crippen LogP contribution in [0.2, 0.25) is 0 Å². The summed E-state index contributed by atoms with van der Waals surface area (Å²) in [6.07, 6.45) is 3.15. The second-order valence-corrected chi connectivity index (χ2v) is 10.5. The van der Waals surface area contributed by atoms with Crippen LogP contribution in [-0.4, -0.2) is 29.4 Å². The van der Waals surface area contributed by atoms with Crippen LogP contribution in [0.1, 0.15) is 32.4 Å². The third kappa shape index (κ3) is 4.27. The number of aromatic hydroxyl groups is 1. The molecule has 0 fully saturated rings. The van der Waals surface area contributed by atoms with E-state index in [0.717, 1.165) is 16.9 Å². The summed E-state index contributed by atoms with van der Waals surface area (Å²) in [4.78, 5) is 0. The minimum absolute atomic E-state index is 0.0665. The van der Waals surface area contributed by atoms with Gasteiger partial charge in [-0.2, -0.15) is 0 Å². The normalized spacial score (nSPS) is 18.5. The Morgan fingerprint density at radius 3 is 2.54 bits per heavy atom. The van der Waals surface area contributed by atoms with Crippen molar-refractivity contribution in [2.45, 2.75) is 31.0 Å². The van der Waals surface area contributed by atoms with Gasteiger partial charge in [-0.25, -0.2) is 17.8 Å². The highest BCUT2D eigenvalue weighted by Crippen LogP contribution is 2.37. The maximum atomic E-state index is 11.9. The molecule has 5 N–H and O–H groups in total. The Kier molecular flexibility index (Phi) is 5.36. The average Bonchev–Trinajstić information content (AvgIpc) is 3.25. The second-order valence-electron chi connectivity index (χ2n) is 7.07. The van der Waals surface area contributed by atoms with Gasteiger partial charge in [0.25, 0.3) is 21.2 Å². The first kappa shape index (κ1) is 20.5. The Labute approximate surface area is 168 Å². The van der Waals surface area contributed by atoms with Gasteiger partial charge in [-0.05, 0) is 11.5 Å². The average molecular weight is 446 g/mol. The van der Waals surface area contributed by atoms with Crippen LogP contribution in [0.4, 0.5) is 5.69 Å². The van der Waals surface area contributed by atoms with Crippen LogP contribution >= 0.6 is 11.3 Å². The Morgan fingerprint density at radius 2 is 2.00 bits per heavy atom. The summed E-state index contributed by atoms with van der Waals surface area (Å²) in [5, 5.41) is 22.5. The van der Waals surface area contributed by atoms with Gasteiger partial charge in [0.2, 0.25) is 0 Å². The van der Waals surface area contributed by atoms with Gasteiger partial charge in [0.15, 0.2) is 21.6 Å². The van der Waals surface area contributed by atoms with Crippen LogP contribution < -0.4 is 15.8 Å². The zero-order valence-corrected chi connectivity index (χ0v) is 17.6. The van der Waals surface area contributed by atoms with Crippen LogP contribution in [0.15, 0.2) is 41.4 Å². The molecule has 3 heterocycles. The highest BCUT2D eigenvalue weighted by molar-refractivity contribution is 7.91. The molecule has 13 heteroatoms. The molecule has 0 saturated carbocycles. The number of primary sulfonamides is 1. The molecular weight excluding hydrogens is 426 g/mol. The van der Waals surface area contributed by atoms with E-state index in [9.17, 15) is 17.7 Å². The predicted molar refractivity (Wildman–Crippen MR) is 108 cm³/mol. The SMILES string of the molecule is CC(C)(C)[C@@H](NC1=NS(=O)N=C1Nc1csc(S(N)(=O)=O)c1O)c1ccoc1. The van der Waals surface area contributed by atoms with Crippen molar-refractivity contribution in [2.24, 2.45) is 19.3 Å². The lowest BCUT2D eigenvalue weighted by Crippen LogP contribution is -2.41. The quantitative estimate of drug-likeness (QED) is 0.559. The molecule has 10 nitrogen and oxygen atoms in total. The Bertz CT molecular complexity index is 1060. The van der Waals surface area contributed by atoms with Crippen molar-refractivity contribution in [3.05, 3.63) is 29.5 Å². The topological polar surface area (TPSA) is 159 Å². The summed E-state index contributed by atoms with van der Waals surface area (Å²) in [6.45, 7) is 6.03. The van der Waals surface area contributed by atoms with Crippen LogP contribution in [0, 0.1) is 5.41 Å². The Balaban J connectivity index is 1.87. The van der Waals surface area contributed by atoms with E-state index >= 15 is 0 Å². The second kappa shape index (κ2) is 7.31. The number of furan rings is 1. The smallest absolute Gasteiger partial charge is 0.269 e. The summed E-state index contributed by atoms with van der Waals surface area (Å²) in [5.41, 5.74) is 0.673. The first-order valence-electron chi connectivity index (χ1n) is 7.95. The van der Waals surface area contributed by atoms with E-state index in [2.05, 4.69) is 19.4 Å². The van der Waals surface area contributed by atoms with E-state index < -0.39 is 26.9 Å². The van der Waals surface area contributed by atoms with Gasteiger partial charge < -0.3 is 20.2 Å². The Hall–Kier alpha value is -2.22. The van der Waals surface area contributed by atoms with Gasteiger partial charge in [0.1, 0.15) is 0 Å². The van der Waals surface area contributed by atoms with Crippen molar-refractivity contribution in [3.63, 3.8) is 0 Å². The lowest BCUT2D eigenvalue weighted by Gasteiger charge is -2.31. The molecular formula is C15H19N5O5S3. The number of sulfonamides is 1. The molecule has 152 valence electrons. The third-order valence-electron chi connectivity index (χ3n) is 3.83. The molecule has 0 amide bonds. The first-order valence-corrected chi connectivity index (χ1v) is 11.4. The highest BCUT2D eigenvalue weighted by atomic mass is 32.2. The molecule has 0 aromatic carbocycles. The van der Waals surface area contributed by atoms with E-state index in [4.69, 9.17) is 9.56 Å². The van der Waals surface area contributed by atoms with E-state index in [-0.39, 0.29) is 33.0 Å². The maximum Gasteiger partial charge on any atom is 0.269 e. The largest absolute Gasteiger partial charge is 0.504 e. The van der Waals surface area contributed by atoms with Crippen LogP contribution in [0.5, 0.6) is 5.75 Å². The molecule has 0 spiro atoms. The molecule has 0 aliphatic carbocycles. The molecule has 1 aliphatic heterocycles. The van der Waals surface area contributed by atoms with E-state index in [1.165, 1.54) is 5.38 Å². The molecule has 2 aromatic heterocycles. The number of rotatable bonds is 4. The maximum absolute atomic E-state index is 11.9. The molecule has 0 saturated heterocycles. The number of nitrogens with zero attached hydrogens (tertiary/aromatic N) is 2. The molecule has 3 rings (SSSR count). The van der Waals surface area contributed by atoms with Crippen molar-refractivity contribution >= 4 is 49.9 Å². The highest BCUT2D eigenvalue weighted by Gasteiger charge is 2.32. The zero-order valence-electron chi connectivity index (χ0n) is 15.2. The predicted octanol–water partition coefficient (Wildman–Crippen LogP) is 1.87. The summed E-state index contributed by atoms with van der Waals surface area (Å²) >= 11 is -1.10. The van der Waals surface area contributed by atoms with Gasteiger partial charge in [0.05, 0.1) is 24.3 Å². The lowest BCUT2D eigenvalue weighted by atomic mass is 9.83. The molecule has 0 radical (unpaired) electrons. The summed E-state index contributed by atoms with van der Waals surface area (Å²) in [6, 6.07) is 1.56. The van der Waals surface area contributed by atoms with Gasteiger partial charge >= 0.3 is 0 Å².